The molecule has 2 aliphatic rings. The second-order valence-corrected chi connectivity index (χ2v) is 10.3. The van der Waals surface area contributed by atoms with Crippen molar-refractivity contribution in [3.8, 4) is 0 Å². The summed E-state index contributed by atoms with van der Waals surface area (Å²) < 4.78 is 27.9. The van der Waals surface area contributed by atoms with Gasteiger partial charge in [0.2, 0.25) is 27.7 Å². The van der Waals surface area contributed by atoms with E-state index in [9.17, 15) is 22.8 Å². The highest BCUT2D eigenvalue weighted by Gasteiger charge is 2.48. The summed E-state index contributed by atoms with van der Waals surface area (Å²) >= 11 is 0. The summed E-state index contributed by atoms with van der Waals surface area (Å²) in [5.41, 5.74) is -0.591. The van der Waals surface area contributed by atoms with Gasteiger partial charge in [-0.1, -0.05) is 25.0 Å². The van der Waals surface area contributed by atoms with Crippen LogP contribution in [0.1, 0.15) is 46.5 Å². The van der Waals surface area contributed by atoms with Crippen molar-refractivity contribution in [3.63, 3.8) is 0 Å². The van der Waals surface area contributed by atoms with Crippen molar-refractivity contribution in [1.82, 2.24) is 9.62 Å². The molecule has 0 bridgehead atoms. The molecule has 1 aromatic carbocycles. The minimum Gasteiger partial charge on any atom is -0.323 e. The Labute approximate surface area is 171 Å². The molecule has 29 heavy (non-hydrogen) atoms. The van der Waals surface area contributed by atoms with Crippen molar-refractivity contribution >= 4 is 33.4 Å². The minimum atomic E-state index is -3.87. The fourth-order valence-electron chi connectivity index (χ4n) is 3.98. The van der Waals surface area contributed by atoms with Crippen LogP contribution in [0.25, 0.3) is 0 Å². The third kappa shape index (κ3) is 4.67. The van der Waals surface area contributed by atoms with Gasteiger partial charge in [0, 0.05) is 5.54 Å². The van der Waals surface area contributed by atoms with Crippen LogP contribution in [-0.2, 0) is 24.4 Å². The number of imide groups is 1. The van der Waals surface area contributed by atoms with E-state index in [1.54, 1.807) is 32.9 Å². The van der Waals surface area contributed by atoms with E-state index in [0.717, 1.165) is 17.7 Å². The molecule has 1 saturated carbocycles. The molecule has 158 valence electrons. The first-order chi connectivity index (χ1) is 13.5. The van der Waals surface area contributed by atoms with Crippen LogP contribution in [0.15, 0.2) is 29.2 Å². The summed E-state index contributed by atoms with van der Waals surface area (Å²) in [6.07, 6.45) is 3.16. The van der Waals surface area contributed by atoms with Gasteiger partial charge in [-0.15, -0.1) is 0 Å². The number of para-hydroxylation sites is 1. The van der Waals surface area contributed by atoms with Gasteiger partial charge in [-0.2, -0.15) is 0 Å². The van der Waals surface area contributed by atoms with Crippen molar-refractivity contribution in [2.24, 2.45) is 11.8 Å². The first kappa shape index (κ1) is 21.4. The number of amides is 3. The molecule has 2 fully saturated rings. The van der Waals surface area contributed by atoms with Crippen LogP contribution in [0.5, 0.6) is 0 Å². The molecule has 0 aromatic heterocycles. The lowest BCUT2D eigenvalue weighted by molar-refractivity contribution is -0.142. The molecule has 1 aliphatic heterocycles. The number of hydrogen-bond donors (Lipinski definition) is 2. The van der Waals surface area contributed by atoms with E-state index in [1.165, 1.54) is 12.1 Å². The van der Waals surface area contributed by atoms with Gasteiger partial charge >= 0.3 is 0 Å². The van der Waals surface area contributed by atoms with Crippen molar-refractivity contribution < 1.29 is 22.8 Å². The molecule has 0 spiro atoms. The van der Waals surface area contributed by atoms with E-state index >= 15 is 0 Å². The van der Waals surface area contributed by atoms with E-state index in [0.29, 0.717) is 12.8 Å². The summed E-state index contributed by atoms with van der Waals surface area (Å²) in [5.74, 6) is -1.86. The average Bonchev–Trinajstić information content (AvgIpc) is 2.85. The molecule has 3 rings (SSSR count). The smallest absolute Gasteiger partial charge is 0.244 e. The second-order valence-electron chi connectivity index (χ2n) is 8.66. The largest absolute Gasteiger partial charge is 0.323 e. The summed E-state index contributed by atoms with van der Waals surface area (Å²) in [6.45, 7) is 4.74. The quantitative estimate of drug-likeness (QED) is 0.705. The van der Waals surface area contributed by atoms with E-state index < -0.39 is 28.0 Å². The van der Waals surface area contributed by atoms with Crippen molar-refractivity contribution in [1.29, 1.82) is 0 Å². The van der Waals surface area contributed by atoms with Crippen LogP contribution in [-0.4, -0.2) is 43.1 Å². The summed E-state index contributed by atoms with van der Waals surface area (Å²) in [5, 5.41) is 2.55. The molecule has 8 nitrogen and oxygen atoms in total. The van der Waals surface area contributed by atoms with Crippen LogP contribution in [0.3, 0.4) is 0 Å². The zero-order valence-electron chi connectivity index (χ0n) is 16.9. The highest BCUT2D eigenvalue weighted by atomic mass is 32.2. The fraction of sp³-hybridized carbons (Fsp3) is 0.550. The number of anilines is 1. The normalized spacial score (nSPS) is 22.5. The van der Waals surface area contributed by atoms with E-state index in [1.807, 2.05) is 0 Å². The molecule has 0 radical (unpaired) electrons. The lowest BCUT2D eigenvalue weighted by Gasteiger charge is -2.22. The maximum absolute atomic E-state index is 12.7. The Morgan fingerprint density at radius 3 is 2.17 bits per heavy atom. The Morgan fingerprint density at radius 1 is 1.07 bits per heavy atom. The molecule has 2 unspecified atom stereocenters. The lowest BCUT2D eigenvalue weighted by atomic mass is 9.81. The molecule has 2 N–H and O–H groups in total. The van der Waals surface area contributed by atoms with Crippen molar-refractivity contribution in [3.05, 3.63) is 24.3 Å². The highest BCUT2D eigenvalue weighted by Crippen LogP contribution is 2.37. The standard InChI is InChI=1S/C20H27N3O5S/c1-20(2,3)22-29(27,28)16-11-7-6-10-15(16)21-17(24)12-23-18(25)13-8-4-5-9-14(13)19(23)26/h6-7,10-11,13-14,22H,4-5,8-9,12H2,1-3H3,(H,21,24). The minimum absolute atomic E-state index is 0.0731. The number of rotatable bonds is 5. The van der Waals surface area contributed by atoms with Gasteiger partial charge in [-0.25, -0.2) is 13.1 Å². The summed E-state index contributed by atoms with van der Waals surface area (Å²) in [6, 6.07) is 6.03. The molecule has 1 heterocycles. The molecular weight excluding hydrogens is 394 g/mol. The Hall–Kier alpha value is -2.26. The van der Waals surface area contributed by atoms with Gasteiger partial charge in [-0.05, 0) is 45.7 Å². The monoisotopic (exact) mass is 421 g/mol. The van der Waals surface area contributed by atoms with Gasteiger partial charge in [0.25, 0.3) is 0 Å². The SMILES string of the molecule is CC(C)(C)NS(=O)(=O)c1ccccc1NC(=O)CN1C(=O)C2CCCCC2C1=O. The molecule has 1 saturated heterocycles. The van der Waals surface area contributed by atoms with Gasteiger partial charge in [-0.3, -0.25) is 19.3 Å². The number of benzene rings is 1. The average molecular weight is 422 g/mol. The number of hydrogen-bond acceptors (Lipinski definition) is 5. The van der Waals surface area contributed by atoms with Crippen molar-refractivity contribution in [2.45, 2.75) is 56.9 Å². The first-order valence-electron chi connectivity index (χ1n) is 9.78. The number of carbonyl (C=O) groups is 3. The van der Waals surface area contributed by atoms with Gasteiger partial charge in [0.05, 0.1) is 17.5 Å². The number of nitrogens with one attached hydrogen (secondary N) is 2. The third-order valence-corrected chi connectivity index (χ3v) is 6.94. The van der Waals surface area contributed by atoms with Gasteiger partial charge < -0.3 is 5.32 Å². The molecular formula is C20H27N3O5S. The fourth-order valence-corrected chi connectivity index (χ4v) is 5.56. The molecule has 9 heteroatoms. The number of fused-ring (bicyclic) bond motifs is 1. The summed E-state index contributed by atoms with van der Waals surface area (Å²) in [7, 11) is -3.87. The highest BCUT2D eigenvalue weighted by molar-refractivity contribution is 7.89. The van der Waals surface area contributed by atoms with Gasteiger partial charge in [0.1, 0.15) is 11.4 Å². The first-order valence-corrected chi connectivity index (χ1v) is 11.3. The van der Waals surface area contributed by atoms with Crippen LogP contribution in [0.4, 0.5) is 5.69 Å². The molecule has 2 atom stereocenters. The van der Waals surface area contributed by atoms with E-state index in [-0.39, 0.29) is 34.2 Å². The Morgan fingerprint density at radius 2 is 1.62 bits per heavy atom. The zero-order valence-corrected chi connectivity index (χ0v) is 17.7. The van der Waals surface area contributed by atoms with Crippen LogP contribution < -0.4 is 10.0 Å². The van der Waals surface area contributed by atoms with E-state index in [4.69, 9.17) is 0 Å². The topological polar surface area (TPSA) is 113 Å². The Bertz CT molecular complexity index is 912. The van der Waals surface area contributed by atoms with Crippen LogP contribution in [0.2, 0.25) is 0 Å². The predicted octanol–water partition coefficient (Wildman–Crippen LogP) is 1.88. The third-order valence-electron chi connectivity index (χ3n) is 5.13. The van der Waals surface area contributed by atoms with Crippen LogP contribution >= 0.6 is 0 Å². The maximum Gasteiger partial charge on any atom is 0.244 e. The number of sulfonamides is 1. The zero-order chi connectivity index (χ0) is 21.4. The van der Waals surface area contributed by atoms with Crippen LogP contribution in [0, 0.1) is 11.8 Å². The maximum atomic E-state index is 12.7. The Balaban J connectivity index is 1.75. The van der Waals surface area contributed by atoms with E-state index in [2.05, 4.69) is 10.0 Å². The van der Waals surface area contributed by atoms with Crippen molar-refractivity contribution in [2.75, 3.05) is 11.9 Å². The lowest BCUT2D eigenvalue weighted by Crippen LogP contribution is -2.41. The molecule has 1 aliphatic carbocycles. The molecule has 3 amide bonds. The van der Waals surface area contributed by atoms with Gasteiger partial charge in [0.15, 0.2) is 0 Å². The predicted molar refractivity (Wildman–Crippen MR) is 107 cm³/mol. The number of likely N-dealkylation sites (tertiary alicyclic amines) is 1. The Kier molecular flexibility index (Phi) is 5.82. The number of carbonyl (C=O) groups excluding carboxylic acids is 3. The number of nitrogens with zero attached hydrogens (tertiary/aromatic N) is 1. The molecule has 1 aromatic rings. The summed E-state index contributed by atoms with van der Waals surface area (Å²) in [4.78, 5) is 38.6. The second kappa shape index (κ2) is 7.87.